The third-order valence-corrected chi connectivity index (χ3v) is 3.70. The summed E-state index contributed by atoms with van der Waals surface area (Å²) < 4.78 is 40.0. The molecule has 1 aliphatic carbocycles. The lowest BCUT2D eigenvalue weighted by Gasteiger charge is -2.18. The van der Waals surface area contributed by atoms with Crippen molar-refractivity contribution in [2.24, 2.45) is 5.92 Å². The highest BCUT2D eigenvalue weighted by Gasteiger charge is 2.31. The van der Waals surface area contributed by atoms with Gasteiger partial charge in [-0.1, -0.05) is 25.0 Å². The molecule has 0 unspecified atom stereocenters. The van der Waals surface area contributed by atoms with Gasteiger partial charge in [0.25, 0.3) is 0 Å². The summed E-state index contributed by atoms with van der Waals surface area (Å²) in [6.07, 6.45) is -0.705. The summed E-state index contributed by atoms with van der Waals surface area (Å²) >= 11 is 0. The first-order valence-corrected chi connectivity index (χ1v) is 7.01. The molecule has 1 aromatic rings. The maximum Gasteiger partial charge on any atom is 0.573 e. The molecular weight excluding hydrogens is 283 g/mol. The van der Waals surface area contributed by atoms with E-state index in [2.05, 4.69) is 10.1 Å². The molecule has 0 aromatic heterocycles. The molecule has 1 N–H and O–H groups in total. The normalized spacial score (nSPS) is 17.5. The second kappa shape index (κ2) is 6.37. The van der Waals surface area contributed by atoms with Gasteiger partial charge in [-0.15, -0.1) is 13.2 Å². The number of carbonyl (C=O) groups excluding carboxylic acids is 1. The van der Waals surface area contributed by atoms with Crippen LogP contribution in [0.15, 0.2) is 24.3 Å². The van der Waals surface area contributed by atoms with Crippen LogP contribution in [0.2, 0.25) is 0 Å². The Balaban J connectivity index is 1.93. The van der Waals surface area contributed by atoms with Crippen molar-refractivity contribution in [1.29, 1.82) is 0 Å². The quantitative estimate of drug-likeness (QED) is 0.914. The van der Waals surface area contributed by atoms with Crippen LogP contribution >= 0.6 is 0 Å². The van der Waals surface area contributed by atoms with Crippen LogP contribution in [0.4, 0.5) is 13.2 Å². The topological polar surface area (TPSA) is 38.3 Å². The van der Waals surface area contributed by atoms with E-state index in [4.69, 9.17) is 0 Å². The van der Waals surface area contributed by atoms with Gasteiger partial charge in [-0.05, 0) is 37.5 Å². The highest BCUT2D eigenvalue weighted by atomic mass is 19.4. The molecule has 0 spiro atoms. The van der Waals surface area contributed by atoms with Crippen molar-refractivity contribution >= 4 is 5.91 Å². The van der Waals surface area contributed by atoms with Crippen LogP contribution in [0, 0.1) is 5.92 Å². The van der Waals surface area contributed by atoms with E-state index in [0.717, 1.165) is 31.2 Å². The number of ether oxygens (including phenoxy) is 1. The predicted octanol–water partition coefficient (Wildman–Crippen LogP) is 3.95. The van der Waals surface area contributed by atoms with Crippen molar-refractivity contribution in [3.8, 4) is 5.75 Å². The van der Waals surface area contributed by atoms with Gasteiger partial charge in [0.05, 0.1) is 6.04 Å². The summed E-state index contributed by atoms with van der Waals surface area (Å²) in [6, 6.07) is 5.32. The fraction of sp³-hybridized carbons (Fsp3) is 0.533. The summed E-state index contributed by atoms with van der Waals surface area (Å²) in [5.74, 6) is -0.170. The molecule has 116 valence electrons. The number of hydrogen-bond donors (Lipinski definition) is 1. The largest absolute Gasteiger partial charge is 0.573 e. The van der Waals surface area contributed by atoms with E-state index in [1.165, 1.54) is 24.3 Å². The summed E-state index contributed by atoms with van der Waals surface area (Å²) in [7, 11) is 0. The summed E-state index contributed by atoms with van der Waals surface area (Å²) in [5.41, 5.74) is 0.746. The molecule has 0 aliphatic heterocycles. The molecule has 1 atom stereocenters. The second-order valence-corrected chi connectivity index (χ2v) is 5.33. The lowest BCUT2D eigenvalue weighted by atomic mass is 10.0. The van der Waals surface area contributed by atoms with Gasteiger partial charge in [-0.2, -0.15) is 0 Å². The van der Waals surface area contributed by atoms with Gasteiger partial charge in [0.1, 0.15) is 5.75 Å². The monoisotopic (exact) mass is 301 g/mol. The van der Waals surface area contributed by atoms with Gasteiger partial charge in [0.2, 0.25) is 5.91 Å². The van der Waals surface area contributed by atoms with E-state index in [1.54, 1.807) is 0 Å². The number of halogens is 3. The maximum absolute atomic E-state index is 12.1. The van der Waals surface area contributed by atoms with Gasteiger partial charge < -0.3 is 10.1 Å². The zero-order chi connectivity index (χ0) is 15.5. The van der Waals surface area contributed by atoms with Gasteiger partial charge >= 0.3 is 6.36 Å². The smallest absolute Gasteiger partial charge is 0.406 e. The Hall–Kier alpha value is -1.72. The highest BCUT2D eigenvalue weighted by Crippen LogP contribution is 2.27. The highest BCUT2D eigenvalue weighted by molar-refractivity contribution is 5.79. The third-order valence-electron chi connectivity index (χ3n) is 3.70. The molecule has 0 radical (unpaired) electrons. The Labute approximate surface area is 121 Å². The number of benzene rings is 1. The van der Waals surface area contributed by atoms with Crippen molar-refractivity contribution in [2.45, 2.75) is 45.0 Å². The number of alkyl halides is 3. The second-order valence-electron chi connectivity index (χ2n) is 5.33. The average Bonchev–Trinajstić information content (AvgIpc) is 2.91. The lowest BCUT2D eigenvalue weighted by Crippen LogP contribution is -2.31. The third kappa shape index (κ3) is 4.65. The van der Waals surface area contributed by atoms with E-state index in [9.17, 15) is 18.0 Å². The van der Waals surface area contributed by atoms with Crippen LogP contribution in [0.25, 0.3) is 0 Å². The van der Waals surface area contributed by atoms with E-state index >= 15 is 0 Å². The minimum atomic E-state index is -4.69. The molecule has 3 nitrogen and oxygen atoms in total. The Morgan fingerprint density at radius 3 is 2.33 bits per heavy atom. The molecule has 1 fully saturated rings. The summed E-state index contributed by atoms with van der Waals surface area (Å²) in [6.45, 7) is 1.81. The predicted molar refractivity (Wildman–Crippen MR) is 71.6 cm³/mol. The van der Waals surface area contributed by atoms with E-state index in [-0.39, 0.29) is 23.6 Å². The maximum atomic E-state index is 12.1. The standard InChI is InChI=1S/C15H18F3NO2/c1-10(19-14(20)12-4-2-3-5-12)11-6-8-13(9-7-11)21-15(16,17)18/h6-10,12H,2-5H2,1H3,(H,19,20)/t10-/m1/s1. The van der Waals surface area contributed by atoms with Gasteiger partial charge in [0.15, 0.2) is 0 Å². The Kier molecular flexibility index (Phi) is 4.75. The first-order valence-electron chi connectivity index (χ1n) is 7.01. The van der Waals surface area contributed by atoms with E-state index in [1.807, 2.05) is 6.92 Å². The fourth-order valence-electron chi connectivity index (χ4n) is 2.56. The number of nitrogens with one attached hydrogen (secondary N) is 1. The SMILES string of the molecule is C[C@@H](NC(=O)C1CCCC1)c1ccc(OC(F)(F)F)cc1. The molecule has 2 rings (SSSR count). The van der Waals surface area contributed by atoms with Crippen molar-refractivity contribution < 1.29 is 22.7 Å². The Morgan fingerprint density at radius 2 is 1.81 bits per heavy atom. The van der Waals surface area contributed by atoms with Crippen molar-refractivity contribution in [3.63, 3.8) is 0 Å². The lowest BCUT2D eigenvalue weighted by molar-refractivity contribution is -0.274. The number of hydrogen-bond acceptors (Lipinski definition) is 2. The summed E-state index contributed by atoms with van der Waals surface area (Å²) in [4.78, 5) is 12.0. The van der Waals surface area contributed by atoms with Crippen LogP contribution in [-0.4, -0.2) is 12.3 Å². The van der Waals surface area contributed by atoms with Crippen molar-refractivity contribution in [3.05, 3.63) is 29.8 Å². The van der Waals surface area contributed by atoms with Crippen LogP contribution in [0.5, 0.6) is 5.75 Å². The zero-order valence-corrected chi connectivity index (χ0v) is 11.7. The number of amides is 1. The van der Waals surface area contributed by atoms with E-state index in [0.29, 0.717) is 0 Å². The number of rotatable bonds is 4. The molecule has 0 bridgehead atoms. The van der Waals surface area contributed by atoms with Crippen LogP contribution in [0.1, 0.15) is 44.2 Å². The molecule has 6 heteroatoms. The van der Waals surface area contributed by atoms with Crippen molar-refractivity contribution in [2.75, 3.05) is 0 Å². The summed E-state index contributed by atoms with van der Waals surface area (Å²) in [5, 5.41) is 2.90. The first kappa shape index (κ1) is 15.7. The average molecular weight is 301 g/mol. The first-order chi connectivity index (χ1) is 9.85. The minimum absolute atomic E-state index is 0.0237. The van der Waals surface area contributed by atoms with Gasteiger partial charge in [-0.25, -0.2) is 0 Å². The van der Waals surface area contributed by atoms with Gasteiger partial charge in [0, 0.05) is 5.92 Å². The van der Waals surface area contributed by atoms with E-state index < -0.39 is 6.36 Å². The zero-order valence-electron chi connectivity index (χ0n) is 11.7. The van der Waals surface area contributed by atoms with Crippen LogP contribution in [-0.2, 0) is 4.79 Å². The Morgan fingerprint density at radius 1 is 1.24 bits per heavy atom. The molecule has 1 amide bonds. The molecule has 0 saturated heterocycles. The van der Waals surface area contributed by atoms with Crippen LogP contribution in [0.3, 0.4) is 0 Å². The Bertz CT molecular complexity index is 479. The number of carbonyl (C=O) groups is 1. The minimum Gasteiger partial charge on any atom is -0.406 e. The molecule has 1 saturated carbocycles. The van der Waals surface area contributed by atoms with Crippen LogP contribution < -0.4 is 10.1 Å². The molecule has 1 aromatic carbocycles. The molecular formula is C15H18F3NO2. The van der Waals surface area contributed by atoms with Gasteiger partial charge in [-0.3, -0.25) is 4.79 Å². The fourth-order valence-corrected chi connectivity index (χ4v) is 2.56. The molecule has 21 heavy (non-hydrogen) atoms. The molecule has 1 aliphatic rings. The molecule has 0 heterocycles. The van der Waals surface area contributed by atoms with Crippen molar-refractivity contribution in [1.82, 2.24) is 5.32 Å².